The van der Waals surface area contributed by atoms with Crippen LogP contribution in [0.2, 0.25) is 0 Å². The third-order valence-corrected chi connectivity index (χ3v) is 4.32. The van der Waals surface area contributed by atoms with Crippen molar-refractivity contribution >= 4 is 12.4 Å². The Morgan fingerprint density at radius 2 is 1.04 bits per heavy atom. The summed E-state index contributed by atoms with van der Waals surface area (Å²) in [4.78, 5) is 0. The van der Waals surface area contributed by atoms with Gasteiger partial charge in [0, 0.05) is 25.2 Å². The van der Waals surface area contributed by atoms with Crippen molar-refractivity contribution < 1.29 is 10.2 Å². The molecule has 4 atom stereocenters. The summed E-state index contributed by atoms with van der Waals surface area (Å²) in [7, 11) is 0. The van der Waals surface area contributed by atoms with Crippen molar-refractivity contribution in [1.29, 1.82) is 0 Å². The molecular formula is C20H30ClN3O2. The average molecular weight is 380 g/mol. The fourth-order valence-corrected chi connectivity index (χ4v) is 2.73. The van der Waals surface area contributed by atoms with Gasteiger partial charge in [-0.2, -0.15) is 0 Å². The Morgan fingerprint density at radius 1 is 0.692 bits per heavy atom. The van der Waals surface area contributed by atoms with Gasteiger partial charge >= 0.3 is 0 Å². The van der Waals surface area contributed by atoms with Crippen LogP contribution in [0.4, 0.5) is 0 Å². The molecule has 0 aliphatic heterocycles. The Bertz CT molecular complexity index is 547. The molecule has 0 bridgehead atoms. The minimum atomic E-state index is -0.683. The molecule has 2 unspecified atom stereocenters. The Hall–Kier alpha value is -1.47. The van der Waals surface area contributed by atoms with E-state index in [0.717, 1.165) is 11.1 Å². The van der Waals surface area contributed by atoms with Gasteiger partial charge in [0.25, 0.3) is 0 Å². The van der Waals surface area contributed by atoms with Gasteiger partial charge in [0.15, 0.2) is 0 Å². The quantitative estimate of drug-likeness (QED) is 0.421. The summed E-state index contributed by atoms with van der Waals surface area (Å²) < 4.78 is 0. The number of aliphatic hydroxyl groups excluding tert-OH is 2. The molecule has 0 aromatic heterocycles. The topological polar surface area (TPSA) is 105 Å². The van der Waals surface area contributed by atoms with E-state index in [-0.39, 0.29) is 24.5 Å². The van der Waals surface area contributed by atoms with Gasteiger partial charge in [-0.1, -0.05) is 60.7 Å². The number of nitrogens with two attached hydrogens (primary N) is 2. The molecule has 26 heavy (non-hydrogen) atoms. The fraction of sp³-hybridized carbons (Fsp3) is 0.400. The predicted molar refractivity (Wildman–Crippen MR) is 108 cm³/mol. The lowest BCUT2D eigenvalue weighted by atomic mass is 10.0. The number of hydrogen-bond acceptors (Lipinski definition) is 5. The van der Waals surface area contributed by atoms with Gasteiger partial charge < -0.3 is 27.0 Å². The first-order valence-electron chi connectivity index (χ1n) is 8.72. The first kappa shape index (κ1) is 22.6. The van der Waals surface area contributed by atoms with E-state index in [4.69, 9.17) is 11.5 Å². The van der Waals surface area contributed by atoms with Crippen molar-refractivity contribution in [1.82, 2.24) is 5.32 Å². The van der Waals surface area contributed by atoms with E-state index in [0.29, 0.717) is 25.9 Å². The SMILES string of the molecule is Cl.NC(Cc1ccccc1)C(O)CNC[C@@H](O)[C@@H](N)Cc1ccccc1. The third-order valence-electron chi connectivity index (χ3n) is 4.32. The standard InChI is InChI=1S/C20H29N3O2.ClH/c21-17(11-15-7-3-1-4-8-15)19(24)13-23-14-20(25)18(22)12-16-9-5-2-6-10-16;/h1-10,17-20,23-25H,11-14,21-22H2;1H/t17-,18?,19+,20?;/m0./s1. The van der Waals surface area contributed by atoms with Gasteiger partial charge in [-0.05, 0) is 24.0 Å². The minimum Gasteiger partial charge on any atom is -0.390 e. The summed E-state index contributed by atoms with van der Waals surface area (Å²) in [6.07, 6.45) is -0.144. The first-order chi connectivity index (χ1) is 12.1. The summed E-state index contributed by atoms with van der Waals surface area (Å²) in [5, 5.41) is 23.4. The van der Waals surface area contributed by atoms with Crippen molar-refractivity contribution in [2.45, 2.75) is 37.1 Å². The highest BCUT2D eigenvalue weighted by molar-refractivity contribution is 5.85. The number of nitrogens with one attached hydrogen (secondary N) is 1. The van der Waals surface area contributed by atoms with Gasteiger partial charge in [0.1, 0.15) is 0 Å². The molecule has 0 saturated heterocycles. The van der Waals surface area contributed by atoms with E-state index in [9.17, 15) is 10.2 Å². The van der Waals surface area contributed by atoms with Crippen LogP contribution in [0.3, 0.4) is 0 Å². The summed E-state index contributed by atoms with van der Waals surface area (Å²) in [6, 6.07) is 19.0. The zero-order chi connectivity index (χ0) is 18.1. The van der Waals surface area contributed by atoms with Crippen molar-refractivity contribution in [3.8, 4) is 0 Å². The molecule has 2 aromatic rings. The van der Waals surface area contributed by atoms with Gasteiger partial charge in [-0.3, -0.25) is 0 Å². The number of halogens is 1. The highest BCUT2D eigenvalue weighted by Crippen LogP contribution is 2.06. The van der Waals surface area contributed by atoms with E-state index in [2.05, 4.69) is 5.32 Å². The smallest absolute Gasteiger partial charge is 0.0818 e. The molecule has 144 valence electrons. The highest BCUT2D eigenvalue weighted by Gasteiger charge is 2.18. The Labute approximate surface area is 161 Å². The van der Waals surface area contributed by atoms with Crippen LogP contribution in [0.15, 0.2) is 60.7 Å². The molecule has 0 heterocycles. The molecule has 0 fully saturated rings. The third kappa shape index (κ3) is 7.83. The molecule has 0 saturated carbocycles. The van der Waals surface area contributed by atoms with Gasteiger partial charge in [0.05, 0.1) is 12.2 Å². The average Bonchev–Trinajstić information content (AvgIpc) is 2.63. The Morgan fingerprint density at radius 3 is 1.38 bits per heavy atom. The van der Waals surface area contributed by atoms with Crippen LogP contribution in [-0.2, 0) is 12.8 Å². The van der Waals surface area contributed by atoms with E-state index in [1.165, 1.54) is 0 Å². The molecule has 0 radical (unpaired) electrons. The lowest BCUT2D eigenvalue weighted by Crippen LogP contribution is -2.47. The highest BCUT2D eigenvalue weighted by atomic mass is 35.5. The van der Waals surface area contributed by atoms with Crippen LogP contribution in [0.5, 0.6) is 0 Å². The minimum absolute atomic E-state index is 0. The maximum atomic E-state index is 10.2. The van der Waals surface area contributed by atoms with Crippen molar-refractivity contribution in [2.24, 2.45) is 11.5 Å². The second-order valence-corrected chi connectivity index (χ2v) is 6.50. The van der Waals surface area contributed by atoms with Crippen LogP contribution >= 0.6 is 12.4 Å². The number of rotatable bonds is 10. The molecular weight excluding hydrogens is 350 g/mol. The van der Waals surface area contributed by atoms with Crippen LogP contribution in [0.1, 0.15) is 11.1 Å². The van der Waals surface area contributed by atoms with Crippen LogP contribution < -0.4 is 16.8 Å². The molecule has 0 aliphatic rings. The van der Waals surface area contributed by atoms with Gasteiger partial charge in [0.2, 0.25) is 0 Å². The van der Waals surface area contributed by atoms with E-state index < -0.39 is 12.2 Å². The molecule has 7 N–H and O–H groups in total. The molecule has 2 aromatic carbocycles. The molecule has 0 amide bonds. The number of hydrogen-bond donors (Lipinski definition) is 5. The van der Waals surface area contributed by atoms with Crippen LogP contribution in [-0.4, -0.2) is 47.6 Å². The van der Waals surface area contributed by atoms with Gasteiger partial charge in [-0.25, -0.2) is 0 Å². The molecule has 5 nitrogen and oxygen atoms in total. The number of benzene rings is 2. The monoisotopic (exact) mass is 379 g/mol. The Kier molecular flexibility index (Phi) is 10.4. The van der Waals surface area contributed by atoms with E-state index in [1.807, 2.05) is 60.7 Å². The molecule has 6 heteroatoms. The zero-order valence-electron chi connectivity index (χ0n) is 14.9. The molecule has 0 aliphatic carbocycles. The van der Waals surface area contributed by atoms with E-state index >= 15 is 0 Å². The predicted octanol–water partition coefficient (Wildman–Crippen LogP) is 0.860. The lowest BCUT2D eigenvalue weighted by Gasteiger charge is -2.22. The fourth-order valence-electron chi connectivity index (χ4n) is 2.73. The van der Waals surface area contributed by atoms with Crippen LogP contribution in [0.25, 0.3) is 0 Å². The number of aliphatic hydroxyl groups is 2. The van der Waals surface area contributed by atoms with Crippen molar-refractivity contribution in [3.63, 3.8) is 0 Å². The Balaban J connectivity index is 0.00000338. The van der Waals surface area contributed by atoms with E-state index in [1.54, 1.807) is 0 Å². The normalized spacial score (nSPS) is 15.5. The maximum Gasteiger partial charge on any atom is 0.0818 e. The zero-order valence-corrected chi connectivity index (χ0v) is 15.7. The molecule has 0 spiro atoms. The summed E-state index contributed by atoms with van der Waals surface area (Å²) in [5.74, 6) is 0. The maximum absolute atomic E-state index is 10.2. The molecule has 2 rings (SSSR count). The summed E-state index contributed by atoms with van der Waals surface area (Å²) >= 11 is 0. The van der Waals surface area contributed by atoms with Crippen molar-refractivity contribution in [2.75, 3.05) is 13.1 Å². The summed E-state index contributed by atoms with van der Waals surface area (Å²) in [6.45, 7) is 0.645. The summed E-state index contributed by atoms with van der Waals surface area (Å²) in [5.41, 5.74) is 14.3. The largest absolute Gasteiger partial charge is 0.390 e. The van der Waals surface area contributed by atoms with Crippen LogP contribution in [0, 0.1) is 0 Å². The van der Waals surface area contributed by atoms with Gasteiger partial charge in [-0.15, -0.1) is 12.4 Å². The van der Waals surface area contributed by atoms with Crippen molar-refractivity contribution in [3.05, 3.63) is 71.8 Å². The second-order valence-electron chi connectivity index (χ2n) is 6.50. The second kappa shape index (κ2) is 12.0. The lowest BCUT2D eigenvalue weighted by molar-refractivity contribution is 0.116. The first-order valence-corrected chi connectivity index (χ1v) is 8.72.